The summed E-state index contributed by atoms with van der Waals surface area (Å²) in [4.78, 5) is 18.6. The number of thiazole rings is 1. The molecule has 1 fully saturated rings. The number of aryl methyl sites for hydroxylation is 1. The third-order valence-corrected chi connectivity index (χ3v) is 10.4. The largest absolute Gasteiger partial charge is 0.280 e. The van der Waals surface area contributed by atoms with Crippen molar-refractivity contribution in [3.63, 3.8) is 0 Å². The first kappa shape index (κ1) is 27.6. The van der Waals surface area contributed by atoms with Crippen LogP contribution in [0.5, 0.6) is 0 Å². The average molecular weight is 626 g/mol. The molecule has 0 aliphatic heterocycles. The number of hydrogen-bond acceptors (Lipinski definition) is 6. The number of benzene rings is 3. The number of nitrogens with zero attached hydrogens (tertiary/aromatic N) is 4. The van der Waals surface area contributed by atoms with Gasteiger partial charge < -0.3 is 0 Å². The SMILES string of the molecule is Cc1ccc2nc(N(/N=C/c3ccc(Br)cc3)C(=O)c3ccc(S(=O)(=O)N(C)C4CCCCC4)cc3)sc2c1. The first-order valence-corrected chi connectivity index (χ1v) is 15.9. The second-order valence-corrected chi connectivity index (χ2v) is 13.6. The van der Waals surface area contributed by atoms with Gasteiger partial charge in [-0.2, -0.15) is 14.4 Å². The van der Waals surface area contributed by atoms with Gasteiger partial charge in [-0.1, -0.05) is 64.7 Å². The maximum atomic E-state index is 13.7. The Bertz CT molecular complexity index is 1610. The number of rotatable bonds is 7. The molecule has 0 N–H and O–H groups in total. The molecule has 1 amide bonds. The van der Waals surface area contributed by atoms with Gasteiger partial charge in [0.1, 0.15) is 0 Å². The van der Waals surface area contributed by atoms with E-state index in [9.17, 15) is 13.2 Å². The summed E-state index contributed by atoms with van der Waals surface area (Å²) in [5, 5.41) is 6.22. The van der Waals surface area contributed by atoms with Crippen LogP contribution in [0.1, 0.15) is 53.6 Å². The van der Waals surface area contributed by atoms with Crippen molar-refractivity contribution < 1.29 is 13.2 Å². The van der Waals surface area contributed by atoms with Gasteiger partial charge in [0.15, 0.2) is 0 Å². The van der Waals surface area contributed by atoms with Gasteiger partial charge in [-0.05, 0) is 79.4 Å². The van der Waals surface area contributed by atoms with Crippen LogP contribution in [0.2, 0.25) is 0 Å². The van der Waals surface area contributed by atoms with Gasteiger partial charge in [0.2, 0.25) is 15.2 Å². The lowest BCUT2D eigenvalue weighted by Gasteiger charge is -2.30. The van der Waals surface area contributed by atoms with E-state index < -0.39 is 15.9 Å². The summed E-state index contributed by atoms with van der Waals surface area (Å²) in [6.07, 6.45) is 6.59. The molecular formula is C29H29BrN4O3S2. The Balaban J connectivity index is 1.45. The van der Waals surface area contributed by atoms with E-state index in [1.807, 2.05) is 49.4 Å². The van der Waals surface area contributed by atoms with Crippen molar-refractivity contribution in [3.05, 3.63) is 87.9 Å². The standard InChI is InChI=1S/C29H29BrN4O3S2/c1-20-8-17-26-27(18-20)38-29(32-26)34(31-19-21-9-13-23(30)14-10-21)28(35)22-11-15-25(16-12-22)39(36,37)33(2)24-6-4-3-5-7-24/h8-19,24H,3-7H2,1-2H3/b31-19+. The summed E-state index contributed by atoms with van der Waals surface area (Å²) in [7, 11) is -2.01. The molecule has 3 aromatic carbocycles. The highest BCUT2D eigenvalue weighted by Gasteiger charge is 2.29. The first-order chi connectivity index (χ1) is 18.7. The maximum absolute atomic E-state index is 13.7. The lowest BCUT2D eigenvalue weighted by molar-refractivity contribution is 0.0987. The molecule has 0 unspecified atom stereocenters. The number of hydrazone groups is 1. The second-order valence-electron chi connectivity index (χ2n) is 9.72. The fourth-order valence-electron chi connectivity index (χ4n) is 4.67. The number of halogens is 1. The monoisotopic (exact) mass is 624 g/mol. The quantitative estimate of drug-likeness (QED) is 0.164. The zero-order valence-corrected chi connectivity index (χ0v) is 25.0. The molecule has 4 aromatic rings. The van der Waals surface area contributed by atoms with Gasteiger partial charge in [-0.25, -0.2) is 13.4 Å². The van der Waals surface area contributed by atoms with Gasteiger partial charge in [-0.3, -0.25) is 4.79 Å². The van der Waals surface area contributed by atoms with Crippen molar-refractivity contribution in [2.75, 3.05) is 12.1 Å². The number of aromatic nitrogens is 1. The molecule has 1 heterocycles. The topological polar surface area (TPSA) is 82.9 Å². The summed E-state index contributed by atoms with van der Waals surface area (Å²) >= 11 is 4.81. The molecule has 0 atom stereocenters. The highest BCUT2D eigenvalue weighted by Crippen LogP contribution is 2.31. The fourth-order valence-corrected chi connectivity index (χ4v) is 7.37. The van der Waals surface area contributed by atoms with E-state index >= 15 is 0 Å². The van der Waals surface area contributed by atoms with E-state index in [1.54, 1.807) is 25.4 Å². The number of carbonyl (C=O) groups excluding carboxylic acids is 1. The van der Waals surface area contributed by atoms with Crippen molar-refractivity contribution in [1.82, 2.24) is 9.29 Å². The van der Waals surface area contributed by atoms with Crippen molar-refractivity contribution >= 4 is 64.8 Å². The Morgan fingerprint density at radius 2 is 1.72 bits per heavy atom. The Morgan fingerprint density at radius 3 is 2.41 bits per heavy atom. The van der Waals surface area contributed by atoms with Crippen LogP contribution in [-0.2, 0) is 10.0 Å². The van der Waals surface area contributed by atoms with Crippen LogP contribution in [-0.4, -0.2) is 42.9 Å². The molecule has 1 aromatic heterocycles. The number of carbonyl (C=O) groups is 1. The molecule has 1 aliphatic carbocycles. The minimum atomic E-state index is -3.66. The van der Waals surface area contributed by atoms with Crippen LogP contribution in [0.25, 0.3) is 10.2 Å². The Morgan fingerprint density at radius 1 is 1.03 bits per heavy atom. The van der Waals surface area contributed by atoms with E-state index in [1.165, 1.54) is 32.8 Å². The summed E-state index contributed by atoms with van der Waals surface area (Å²) in [6.45, 7) is 2.01. The zero-order valence-electron chi connectivity index (χ0n) is 21.7. The lowest BCUT2D eigenvalue weighted by Crippen LogP contribution is -2.38. The minimum Gasteiger partial charge on any atom is -0.267 e. The molecule has 0 bridgehead atoms. The van der Waals surface area contributed by atoms with E-state index in [2.05, 4.69) is 26.0 Å². The van der Waals surface area contributed by atoms with Crippen molar-refractivity contribution in [2.24, 2.45) is 5.10 Å². The smallest absolute Gasteiger partial charge is 0.267 e. The van der Waals surface area contributed by atoms with E-state index in [0.29, 0.717) is 10.7 Å². The van der Waals surface area contributed by atoms with Crippen LogP contribution in [0.4, 0.5) is 5.13 Å². The molecule has 0 spiro atoms. The highest BCUT2D eigenvalue weighted by molar-refractivity contribution is 9.10. The summed E-state index contributed by atoms with van der Waals surface area (Å²) in [5.41, 5.74) is 3.02. The van der Waals surface area contributed by atoms with Gasteiger partial charge in [0, 0.05) is 23.1 Å². The number of anilines is 1. The first-order valence-electron chi connectivity index (χ1n) is 12.8. The van der Waals surface area contributed by atoms with E-state index in [0.717, 1.165) is 57.9 Å². The van der Waals surface area contributed by atoms with Gasteiger partial charge in [0.25, 0.3) is 5.91 Å². The fraction of sp³-hybridized carbons (Fsp3) is 0.276. The van der Waals surface area contributed by atoms with Gasteiger partial charge >= 0.3 is 0 Å². The Hall–Kier alpha value is -2.92. The molecule has 202 valence electrons. The number of hydrogen-bond donors (Lipinski definition) is 0. The van der Waals surface area contributed by atoms with E-state index in [-0.39, 0.29) is 10.9 Å². The lowest BCUT2D eigenvalue weighted by atomic mass is 9.96. The van der Waals surface area contributed by atoms with Gasteiger partial charge in [-0.15, -0.1) is 0 Å². The summed E-state index contributed by atoms with van der Waals surface area (Å²) in [6, 6.07) is 19.6. The predicted molar refractivity (Wildman–Crippen MR) is 161 cm³/mol. The molecule has 39 heavy (non-hydrogen) atoms. The van der Waals surface area contributed by atoms with Crippen LogP contribution in [0, 0.1) is 6.92 Å². The Labute approximate surface area is 241 Å². The summed E-state index contributed by atoms with van der Waals surface area (Å²) < 4.78 is 29.9. The molecule has 1 aliphatic rings. The molecule has 1 saturated carbocycles. The van der Waals surface area contributed by atoms with Crippen molar-refractivity contribution in [2.45, 2.75) is 50.0 Å². The Kier molecular flexibility index (Phi) is 8.27. The third kappa shape index (κ3) is 6.14. The van der Waals surface area contributed by atoms with Crippen LogP contribution < -0.4 is 5.01 Å². The molecule has 0 saturated heterocycles. The second kappa shape index (κ2) is 11.7. The molecule has 7 nitrogen and oxygen atoms in total. The maximum Gasteiger partial charge on any atom is 0.280 e. The molecule has 0 radical (unpaired) electrons. The highest BCUT2D eigenvalue weighted by atomic mass is 79.9. The molecule has 10 heteroatoms. The van der Waals surface area contributed by atoms with Gasteiger partial charge in [0.05, 0.1) is 21.3 Å². The average Bonchev–Trinajstić information content (AvgIpc) is 3.37. The number of sulfonamides is 1. The summed E-state index contributed by atoms with van der Waals surface area (Å²) in [5.74, 6) is -0.399. The van der Waals surface area contributed by atoms with Crippen LogP contribution in [0.3, 0.4) is 0 Å². The predicted octanol–water partition coefficient (Wildman–Crippen LogP) is 7.00. The minimum absolute atomic E-state index is 0.0103. The normalized spacial score (nSPS) is 14.9. The molecule has 5 rings (SSSR count). The van der Waals surface area contributed by atoms with Crippen molar-refractivity contribution in [1.29, 1.82) is 0 Å². The molecular weight excluding hydrogens is 596 g/mol. The van der Waals surface area contributed by atoms with E-state index in [4.69, 9.17) is 0 Å². The van der Waals surface area contributed by atoms with Crippen LogP contribution in [0.15, 0.2) is 81.2 Å². The number of fused-ring (bicyclic) bond motifs is 1. The van der Waals surface area contributed by atoms with Crippen LogP contribution >= 0.6 is 27.3 Å². The van der Waals surface area contributed by atoms with Crippen molar-refractivity contribution in [3.8, 4) is 0 Å². The third-order valence-electron chi connectivity index (χ3n) is 6.97. The zero-order chi connectivity index (χ0) is 27.6. The number of amides is 1.